The van der Waals surface area contributed by atoms with Crippen molar-refractivity contribution < 1.29 is 19.0 Å². The lowest BCUT2D eigenvalue weighted by Gasteiger charge is -2.27. The molecule has 4 rings (SSSR count). The van der Waals surface area contributed by atoms with Crippen molar-refractivity contribution in [3.05, 3.63) is 51.9 Å². The van der Waals surface area contributed by atoms with Gasteiger partial charge >= 0.3 is 0 Å². The number of carbonyl (C=O) groups excluding carboxylic acids is 1. The Hall–Kier alpha value is -2.42. The van der Waals surface area contributed by atoms with Crippen molar-refractivity contribution in [1.82, 2.24) is 14.3 Å². The van der Waals surface area contributed by atoms with Crippen LogP contribution in [-0.2, 0) is 32.6 Å². The molecule has 8 heteroatoms. The summed E-state index contributed by atoms with van der Waals surface area (Å²) >= 11 is 0. The zero-order valence-electron chi connectivity index (χ0n) is 18.7. The summed E-state index contributed by atoms with van der Waals surface area (Å²) in [6.45, 7) is 7.67. The summed E-state index contributed by atoms with van der Waals surface area (Å²) in [6.07, 6.45) is 0.465. The molecule has 1 aromatic heterocycles. The molecule has 0 bridgehead atoms. The van der Waals surface area contributed by atoms with Crippen LogP contribution in [0.5, 0.6) is 0 Å². The third kappa shape index (κ3) is 4.46. The number of hydrogen-bond donors (Lipinski definition) is 0. The van der Waals surface area contributed by atoms with E-state index in [0.717, 1.165) is 11.4 Å². The molecule has 0 aliphatic carbocycles. The fourth-order valence-corrected chi connectivity index (χ4v) is 4.32. The van der Waals surface area contributed by atoms with E-state index in [1.54, 1.807) is 9.58 Å². The molecule has 2 aliphatic rings. The Morgan fingerprint density at radius 2 is 1.97 bits per heavy atom. The first-order valence-electron chi connectivity index (χ1n) is 10.8. The third-order valence-corrected chi connectivity index (χ3v) is 6.10. The zero-order chi connectivity index (χ0) is 22.2. The van der Waals surface area contributed by atoms with Crippen LogP contribution in [0.3, 0.4) is 0 Å². The number of amides is 1. The molecule has 0 saturated carbocycles. The first kappa shape index (κ1) is 21.8. The molecule has 2 fully saturated rings. The fraction of sp³-hybridized carbons (Fsp3) is 0.565. The van der Waals surface area contributed by atoms with Crippen molar-refractivity contribution in [2.24, 2.45) is 13.0 Å². The number of ether oxygens (including phenoxy) is 3. The van der Waals surface area contributed by atoms with Crippen molar-refractivity contribution in [2.75, 3.05) is 26.4 Å². The largest absolute Gasteiger partial charge is 0.381 e. The van der Waals surface area contributed by atoms with Gasteiger partial charge in [-0.2, -0.15) is 0 Å². The van der Waals surface area contributed by atoms with Crippen molar-refractivity contribution in [3.63, 3.8) is 0 Å². The first-order valence-corrected chi connectivity index (χ1v) is 10.8. The summed E-state index contributed by atoms with van der Waals surface area (Å²) < 4.78 is 20.6. The van der Waals surface area contributed by atoms with Crippen molar-refractivity contribution in [1.29, 1.82) is 0 Å². The summed E-state index contributed by atoms with van der Waals surface area (Å²) in [5.74, 6) is -0.853. The van der Waals surface area contributed by atoms with Crippen LogP contribution in [0, 0.1) is 12.8 Å². The van der Waals surface area contributed by atoms with Crippen LogP contribution >= 0.6 is 0 Å². The lowest BCUT2D eigenvalue weighted by atomic mass is 10.1. The predicted molar refractivity (Wildman–Crippen MR) is 115 cm³/mol. The van der Waals surface area contributed by atoms with E-state index < -0.39 is 5.79 Å². The highest BCUT2D eigenvalue weighted by atomic mass is 16.7. The summed E-state index contributed by atoms with van der Waals surface area (Å²) in [6, 6.07) is 9.52. The number of rotatable bonds is 6. The van der Waals surface area contributed by atoms with Crippen molar-refractivity contribution >= 4 is 5.91 Å². The van der Waals surface area contributed by atoms with Gasteiger partial charge in [-0.05, 0) is 39.3 Å². The molecule has 31 heavy (non-hydrogen) atoms. The van der Waals surface area contributed by atoms with Crippen LogP contribution in [0.25, 0.3) is 5.69 Å². The monoisotopic (exact) mass is 429 g/mol. The standard InChI is InChI=1S/C23H31N3O5/c1-16-20(22(28)26(24(16)4)18-8-6-5-7-9-18)13-25(21(27)17-10-11-29-14-17)12-19-15-30-23(2,3)31-19/h5-9,17,19H,10-15H2,1-4H3. The second-order valence-corrected chi connectivity index (χ2v) is 8.77. The van der Waals surface area contributed by atoms with E-state index in [4.69, 9.17) is 14.2 Å². The topological polar surface area (TPSA) is 74.9 Å². The van der Waals surface area contributed by atoms with Gasteiger partial charge in [-0.1, -0.05) is 18.2 Å². The lowest BCUT2D eigenvalue weighted by Crippen LogP contribution is -2.42. The number of para-hydroxylation sites is 1. The van der Waals surface area contributed by atoms with Gasteiger partial charge in [-0.25, -0.2) is 4.68 Å². The molecule has 0 radical (unpaired) electrons. The molecule has 3 heterocycles. The third-order valence-electron chi connectivity index (χ3n) is 6.10. The molecule has 2 atom stereocenters. The highest BCUT2D eigenvalue weighted by Gasteiger charge is 2.37. The molecular formula is C23H31N3O5. The molecule has 2 aromatic rings. The Labute approximate surface area is 182 Å². The van der Waals surface area contributed by atoms with Gasteiger partial charge in [0.05, 0.1) is 36.9 Å². The molecule has 1 amide bonds. The van der Waals surface area contributed by atoms with Crippen LogP contribution in [0.15, 0.2) is 35.1 Å². The second-order valence-electron chi connectivity index (χ2n) is 8.77. The van der Waals surface area contributed by atoms with E-state index in [2.05, 4.69) is 0 Å². The predicted octanol–water partition coefficient (Wildman–Crippen LogP) is 2.00. The summed E-state index contributed by atoms with van der Waals surface area (Å²) in [4.78, 5) is 28.4. The second kappa shape index (κ2) is 8.61. The quantitative estimate of drug-likeness (QED) is 0.702. The van der Waals surface area contributed by atoms with Gasteiger partial charge < -0.3 is 19.1 Å². The first-order chi connectivity index (χ1) is 14.8. The van der Waals surface area contributed by atoms with Gasteiger partial charge in [0.25, 0.3) is 5.56 Å². The van der Waals surface area contributed by atoms with Gasteiger partial charge in [0.2, 0.25) is 5.91 Å². The van der Waals surface area contributed by atoms with E-state index in [1.807, 2.05) is 62.8 Å². The number of hydrogen-bond acceptors (Lipinski definition) is 5. The number of nitrogens with zero attached hydrogens (tertiary/aromatic N) is 3. The molecule has 8 nitrogen and oxygen atoms in total. The Balaban J connectivity index is 1.63. The minimum absolute atomic E-state index is 0.000259. The van der Waals surface area contributed by atoms with E-state index in [0.29, 0.717) is 38.3 Å². The van der Waals surface area contributed by atoms with E-state index in [9.17, 15) is 9.59 Å². The van der Waals surface area contributed by atoms with E-state index in [1.165, 1.54) is 0 Å². The Morgan fingerprint density at radius 1 is 1.23 bits per heavy atom. The SMILES string of the molecule is Cc1c(CN(CC2COC(C)(C)O2)C(=O)C2CCOC2)c(=O)n(-c2ccccc2)n1C. The molecule has 2 saturated heterocycles. The molecule has 2 unspecified atom stereocenters. The molecule has 0 N–H and O–H groups in total. The van der Waals surface area contributed by atoms with Crippen LogP contribution in [0.2, 0.25) is 0 Å². The summed E-state index contributed by atoms with van der Waals surface area (Å²) in [5, 5.41) is 0. The summed E-state index contributed by atoms with van der Waals surface area (Å²) in [5.41, 5.74) is 2.12. The highest BCUT2D eigenvalue weighted by molar-refractivity contribution is 5.79. The van der Waals surface area contributed by atoms with Gasteiger partial charge in [0.1, 0.15) is 6.10 Å². The maximum Gasteiger partial charge on any atom is 0.276 e. The number of aromatic nitrogens is 2. The van der Waals surface area contributed by atoms with Crippen LogP contribution in [-0.4, -0.2) is 58.4 Å². The molecule has 0 spiro atoms. The molecule has 2 aliphatic heterocycles. The molecular weight excluding hydrogens is 398 g/mol. The maximum absolute atomic E-state index is 13.4. The minimum atomic E-state index is -0.668. The van der Waals surface area contributed by atoms with Gasteiger partial charge in [0.15, 0.2) is 5.79 Å². The Bertz CT molecular complexity index is 989. The minimum Gasteiger partial charge on any atom is -0.381 e. The zero-order valence-corrected chi connectivity index (χ0v) is 18.7. The highest BCUT2D eigenvalue weighted by Crippen LogP contribution is 2.25. The fourth-order valence-electron chi connectivity index (χ4n) is 4.32. The Kier molecular flexibility index (Phi) is 6.05. The number of carbonyl (C=O) groups is 1. The molecule has 1 aromatic carbocycles. The van der Waals surface area contributed by atoms with Crippen molar-refractivity contribution in [3.8, 4) is 5.69 Å². The molecule has 168 valence electrons. The van der Waals surface area contributed by atoms with Gasteiger partial charge in [0, 0.05) is 25.9 Å². The van der Waals surface area contributed by atoms with E-state index >= 15 is 0 Å². The number of benzene rings is 1. The Morgan fingerprint density at radius 3 is 2.58 bits per heavy atom. The van der Waals surface area contributed by atoms with Crippen molar-refractivity contribution in [2.45, 2.75) is 45.6 Å². The van der Waals surface area contributed by atoms with E-state index in [-0.39, 0.29) is 30.0 Å². The smallest absolute Gasteiger partial charge is 0.276 e. The van der Waals surface area contributed by atoms with Crippen LogP contribution in [0.4, 0.5) is 0 Å². The summed E-state index contributed by atoms with van der Waals surface area (Å²) in [7, 11) is 1.86. The average molecular weight is 430 g/mol. The van der Waals surface area contributed by atoms with Crippen LogP contribution < -0.4 is 5.56 Å². The normalized spacial score (nSPS) is 22.7. The van der Waals surface area contributed by atoms with Gasteiger partial charge in [-0.15, -0.1) is 0 Å². The lowest BCUT2D eigenvalue weighted by molar-refractivity contribution is -0.148. The van der Waals surface area contributed by atoms with Crippen LogP contribution in [0.1, 0.15) is 31.5 Å². The average Bonchev–Trinajstić information content (AvgIpc) is 3.44. The maximum atomic E-state index is 13.4. The van der Waals surface area contributed by atoms with Gasteiger partial charge in [-0.3, -0.25) is 14.3 Å².